The molecule has 0 bridgehead atoms. The number of ketones is 1. The molecule has 1 N–H and O–H groups in total. The second-order valence-electron chi connectivity index (χ2n) is 5.34. The second-order valence-corrected chi connectivity index (χ2v) is 6.59. The normalized spacial score (nSPS) is 10.3. The largest absolute Gasteiger partial charge is 0.496 e. The van der Waals surface area contributed by atoms with Crippen molar-refractivity contribution in [1.82, 2.24) is 0 Å². The maximum Gasteiger partial charge on any atom is 0.342 e. The first-order valence-corrected chi connectivity index (χ1v) is 8.66. The van der Waals surface area contributed by atoms with Gasteiger partial charge in [-0.05, 0) is 24.3 Å². The molecule has 0 spiro atoms. The minimum absolute atomic E-state index is 0.00612. The number of hydrogen-bond donors (Lipinski definition) is 1. The summed E-state index contributed by atoms with van der Waals surface area (Å²) in [6, 6.07) is 7.04. The van der Waals surface area contributed by atoms with Crippen LogP contribution in [0.3, 0.4) is 0 Å². The monoisotopic (exact) mass is 429 g/mol. The molecule has 0 fully saturated rings. The highest BCUT2D eigenvalue weighted by Crippen LogP contribution is 2.31. The van der Waals surface area contributed by atoms with Crippen LogP contribution >= 0.6 is 34.8 Å². The summed E-state index contributed by atoms with van der Waals surface area (Å²) in [5.41, 5.74) is 0.466. The van der Waals surface area contributed by atoms with Gasteiger partial charge in [0.15, 0.2) is 6.61 Å². The number of hydrogen-bond acceptors (Lipinski definition) is 5. The van der Waals surface area contributed by atoms with E-state index in [1.54, 1.807) is 0 Å². The average Bonchev–Trinajstić information content (AvgIpc) is 2.60. The van der Waals surface area contributed by atoms with Crippen LogP contribution in [0.2, 0.25) is 15.1 Å². The summed E-state index contributed by atoms with van der Waals surface area (Å²) < 4.78 is 10.2. The molecule has 0 saturated heterocycles. The van der Waals surface area contributed by atoms with Crippen molar-refractivity contribution in [2.45, 2.75) is 6.92 Å². The molecule has 2 aromatic carbocycles. The summed E-state index contributed by atoms with van der Waals surface area (Å²) in [6.07, 6.45) is 0. The van der Waals surface area contributed by atoms with Crippen LogP contribution in [0, 0.1) is 0 Å². The highest BCUT2D eigenvalue weighted by atomic mass is 35.5. The van der Waals surface area contributed by atoms with Crippen molar-refractivity contribution in [2.24, 2.45) is 0 Å². The summed E-state index contributed by atoms with van der Waals surface area (Å²) in [7, 11) is 1.34. The lowest BCUT2D eigenvalue weighted by Crippen LogP contribution is -2.16. The lowest BCUT2D eigenvalue weighted by Gasteiger charge is -2.12. The van der Waals surface area contributed by atoms with E-state index in [2.05, 4.69) is 5.32 Å². The third-order valence-electron chi connectivity index (χ3n) is 3.39. The molecule has 2 aromatic rings. The van der Waals surface area contributed by atoms with Crippen LogP contribution < -0.4 is 10.1 Å². The zero-order valence-electron chi connectivity index (χ0n) is 14.3. The fraction of sp³-hybridized carbons (Fsp3) is 0.167. The number of rotatable bonds is 6. The lowest BCUT2D eigenvalue weighted by molar-refractivity contribution is -0.114. The highest BCUT2D eigenvalue weighted by molar-refractivity contribution is 6.37. The van der Waals surface area contributed by atoms with Gasteiger partial charge in [0.1, 0.15) is 11.3 Å². The van der Waals surface area contributed by atoms with E-state index < -0.39 is 18.4 Å². The Balaban J connectivity index is 2.16. The molecular weight excluding hydrogens is 417 g/mol. The molecule has 9 heteroatoms. The Morgan fingerprint density at radius 3 is 2.30 bits per heavy atom. The van der Waals surface area contributed by atoms with E-state index >= 15 is 0 Å². The first kappa shape index (κ1) is 21.0. The molecule has 0 atom stereocenters. The zero-order chi connectivity index (χ0) is 20.1. The van der Waals surface area contributed by atoms with Crippen molar-refractivity contribution < 1.29 is 23.9 Å². The maximum atomic E-state index is 12.3. The SMILES string of the molecule is COc1cc(NC(C)=O)c(Cl)cc1C(=O)OCC(=O)c1ccc(Cl)cc1Cl. The topological polar surface area (TPSA) is 81.7 Å². The Labute approximate surface area is 170 Å². The second kappa shape index (κ2) is 9.08. The number of halogens is 3. The number of carbonyl (C=O) groups is 3. The first-order valence-electron chi connectivity index (χ1n) is 7.53. The molecule has 1 amide bonds. The number of anilines is 1. The van der Waals surface area contributed by atoms with Gasteiger partial charge in [0.2, 0.25) is 11.7 Å². The molecule has 0 saturated carbocycles. The Morgan fingerprint density at radius 2 is 1.70 bits per heavy atom. The summed E-state index contributed by atoms with van der Waals surface area (Å²) in [5.74, 6) is -1.52. The van der Waals surface area contributed by atoms with Gasteiger partial charge in [-0.1, -0.05) is 34.8 Å². The molecule has 0 aromatic heterocycles. The van der Waals surface area contributed by atoms with Gasteiger partial charge in [0.05, 0.1) is 22.8 Å². The third kappa shape index (κ3) is 5.35. The molecule has 2 rings (SSSR count). The Kier molecular flexibility index (Phi) is 7.07. The van der Waals surface area contributed by atoms with Crippen LogP contribution in [-0.4, -0.2) is 31.4 Å². The zero-order valence-corrected chi connectivity index (χ0v) is 16.5. The fourth-order valence-electron chi connectivity index (χ4n) is 2.17. The van der Waals surface area contributed by atoms with Gasteiger partial charge in [0.25, 0.3) is 0 Å². The van der Waals surface area contributed by atoms with E-state index in [1.807, 2.05) is 0 Å². The average molecular weight is 431 g/mol. The van der Waals surface area contributed by atoms with Crippen molar-refractivity contribution in [3.63, 3.8) is 0 Å². The number of ether oxygens (including phenoxy) is 2. The van der Waals surface area contributed by atoms with Crippen LogP contribution in [0.1, 0.15) is 27.6 Å². The van der Waals surface area contributed by atoms with Crippen molar-refractivity contribution in [3.8, 4) is 5.75 Å². The van der Waals surface area contributed by atoms with E-state index in [-0.39, 0.29) is 38.5 Å². The van der Waals surface area contributed by atoms with Crippen LogP contribution in [0.25, 0.3) is 0 Å². The third-order valence-corrected chi connectivity index (χ3v) is 4.25. The van der Waals surface area contributed by atoms with Crippen LogP contribution in [0.4, 0.5) is 5.69 Å². The molecule has 6 nitrogen and oxygen atoms in total. The number of benzene rings is 2. The van der Waals surface area contributed by atoms with Crippen LogP contribution in [0.15, 0.2) is 30.3 Å². The predicted octanol–water partition coefficient (Wildman–Crippen LogP) is 4.65. The maximum absolute atomic E-state index is 12.3. The summed E-state index contributed by atoms with van der Waals surface area (Å²) in [6.45, 7) is 0.785. The van der Waals surface area contributed by atoms with Crippen molar-refractivity contribution >= 4 is 58.1 Å². The standard InChI is InChI=1S/C18H14Cl3NO5/c1-9(23)22-15-7-17(26-2)12(6-14(15)21)18(25)27-8-16(24)11-4-3-10(19)5-13(11)20/h3-7H,8H2,1-2H3,(H,22,23). The Morgan fingerprint density at radius 1 is 1.00 bits per heavy atom. The highest BCUT2D eigenvalue weighted by Gasteiger charge is 2.20. The van der Waals surface area contributed by atoms with E-state index in [4.69, 9.17) is 44.3 Å². The molecule has 0 aliphatic heterocycles. The quantitative estimate of drug-likeness (QED) is 0.533. The van der Waals surface area contributed by atoms with E-state index in [0.717, 1.165) is 0 Å². The summed E-state index contributed by atoms with van der Waals surface area (Å²) >= 11 is 17.8. The van der Waals surface area contributed by atoms with Gasteiger partial charge in [-0.25, -0.2) is 4.79 Å². The number of amides is 1. The fourth-order valence-corrected chi connectivity index (χ4v) is 2.89. The molecule has 0 aliphatic carbocycles. The van der Waals surface area contributed by atoms with E-state index in [9.17, 15) is 14.4 Å². The lowest BCUT2D eigenvalue weighted by atomic mass is 10.1. The van der Waals surface area contributed by atoms with Crippen molar-refractivity contribution in [2.75, 3.05) is 19.0 Å². The number of carbonyl (C=O) groups excluding carboxylic acids is 3. The molecule has 0 heterocycles. The Bertz CT molecular complexity index is 914. The van der Waals surface area contributed by atoms with Crippen molar-refractivity contribution in [3.05, 3.63) is 56.5 Å². The molecule has 0 radical (unpaired) electrons. The van der Waals surface area contributed by atoms with Gasteiger partial charge in [0, 0.05) is 23.6 Å². The number of Topliss-reactive ketones (excluding diaryl/α,β-unsaturated/α-hetero) is 1. The van der Waals surface area contributed by atoms with Gasteiger partial charge in [-0.2, -0.15) is 0 Å². The Hall–Kier alpha value is -2.28. The van der Waals surface area contributed by atoms with Gasteiger partial charge in [-0.3, -0.25) is 9.59 Å². The first-order chi connectivity index (χ1) is 12.7. The summed E-state index contributed by atoms with van der Waals surface area (Å²) in [4.78, 5) is 35.7. The molecule has 142 valence electrons. The molecule has 27 heavy (non-hydrogen) atoms. The van der Waals surface area contributed by atoms with Gasteiger partial charge >= 0.3 is 5.97 Å². The van der Waals surface area contributed by atoms with E-state index in [0.29, 0.717) is 5.02 Å². The smallest absolute Gasteiger partial charge is 0.342 e. The number of nitrogens with one attached hydrogen (secondary N) is 1. The molecular formula is C18H14Cl3NO5. The van der Waals surface area contributed by atoms with Crippen LogP contribution in [-0.2, 0) is 9.53 Å². The summed E-state index contributed by atoms with van der Waals surface area (Å²) in [5, 5.41) is 3.17. The minimum atomic E-state index is -0.818. The molecule has 0 unspecified atom stereocenters. The minimum Gasteiger partial charge on any atom is -0.496 e. The van der Waals surface area contributed by atoms with E-state index in [1.165, 1.54) is 44.4 Å². The predicted molar refractivity (Wildman–Crippen MR) is 103 cm³/mol. The van der Waals surface area contributed by atoms with Crippen molar-refractivity contribution in [1.29, 1.82) is 0 Å². The van der Waals surface area contributed by atoms with Gasteiger partial charge < -0.3 is 14.8 Å². The molecule has 0 aliphatic rings. The van der Waals surface area contributed by atoms with Crippen LogP contribution in [0.5, 0.6) is 5.75 Å². The van der Waals surface area contributed by atoms with Gasteiger partial charge in [-0.15, -0.1) is 0 Å². The number of esters is 1. The number of methoxy groups -OCH3 is 1.